The molecule has 0 saturated carbocycles. The molecule has 0 amide bonds. The maximum Gasteiger partial charge on any atom is 0.224 e. The molecule has 2 aromatic rings. The molecule has 0 saturated heterocycles. The highest BCUT2D eigenvalue weighted by Crippen LogP contribution is 2.19. The van der Waals surface area contributed by atoms with E-state index in [0.717, 1.165) is 24.5 Å². The standard InChI is InChI=1S/C11H14ClN5S/c1-2-13-11-16-7-8(12)10(17-11)15-4-3-9-14-5-6-18-9/h5-7H,2-4H2,1H3,(H2,13,15,16,17). The summed E-state index contributed by atoms with van der Waals surface area (Å²) in [5.74, 6) is 1.23. The Morgan fingerprint density at radius 2 is 2.22 bits per heavy atom. The van der Waals surface area contributed by atoms with Crippen LogP contribution in [0.2, 0.25) is 5.02 Å². The van der Waals surface area contributed by atoms with Crippen LogP contribution in [0.3, 0.4) is 0 Å². The number of rotatable bonds is 6. The number of anilines is 2. The molecule has 0 aromatic carbocycles. The molecule has 0 spiro atoms. The molecule has 2 aromatic heterocycles. The molecule has 0 aliphatic heterocycles. The molecular formula is C11H14ClN5S. The molecule has 0 unspecified atom stereocenters. The fraction of sp³-hybridized carbons (Fsp3) is 0.364. The molecule has 0 bridgehead atoms. The van der Waals surface area contributed by atoms with Gasteiger partial charge in [-0.15, -0.1) is 11.3 Å². The lowest BCUT2D eigenvalue weighted by atomic mass is 10.4. The van der Waals surface area contributed by atoms with Crippen molar-refractivity contribution in [1.29, 1.82) is 0 Å². The van der Waals surface area contributed by atoms with Crippen LogP contribution in [0.5, 0.6) is 0 Å². The summed E-state index contributed by atoms with van der Waals surface area (Å²) in [7, 11) is 0. The van der Waals surface area contributed by atoms with E-state index in [0.29, 0.717) is 16.8 Å². The van der Waals surface area contributed by atoms with E-state index < -0.39 is 0 Å². The van der Waals surface area contributed by atoms with E-state index in [1.807, 2.05) is 12.3 Å². The summed E-state index contributed by atoms with van der Waals surface area (Å²) in [6, 6.07) is 0. The molecular weight excluding hydrogens is 270 g/mol. The molecule has 5 nitrogen and oxygen atoms in total. The van der Waals surface area contributed by atoms with Crippen LogP contribution in [0.1, 0.15) is 11.9 Å². The lowest BCUT2D eigenvalue weighted by molar-refractivity contribution is 0.980. The number of hydrogen-bond acceptors (Lipinski definition) is 6. The number of nitrogens with zero attached hydrogens (tertiary/aromatic N) is 3. The highest BCUT2D eigenvalue weighted by atomic mass is 35.5. The Hall–Kier alpha value is -1.40. The molecule has 2 N–H and O–H groups in total. The van der Waals surface area contributed by atoms with E-state index in [1.54, 1.807) is 23.7 Å². The van der Waals surface area contributed by atoms with E-state index in [4.69, 9.17) is 11.6 Å². The highest BCUT2D eigenvalue weighted by Gasteiger charge is 2.04. The van der Waals surface area contributed by atoms with Gasteiger partial charge in [0.05, 0.1) is 11.2 Å². The van der Waals surface area contributed by atoms with Gasteiger partial charge in [-0.3, -0.25) is 0 Å². The fourth-order valence-electron chi connectivity index (χ4n) is 1.40. The first-order chi connectivity index (χ1) is 8.79. The summed E-state index contributed by atoms with van der Waals surface area (Å²) in [6.45, 7) is 3.52. The smallest absolute Gasteiger partial charge is 0.224 e. The Labute approximate surface area is 115 Å². The summed E-state index contributed by atoms with van der Waals surface area (Å²) < 4.78 is 0. The van der Waals surface area contributed by atoms with Crippen molar-refractivity contribution in [2.45, 2.75) is 13.3 Å². The molecule has 0 aliphatic rings. The molecule has 0 fully saturated rings. The number of thiazole rings is 1. The van der Waals surface area contributed by atoms with E-state index in [9.17, 15) is 0 Å². The van der Waals surface area contributed by atoms with Gasteiger partial charge in [0, 0.05) is 31.1 Å². The molecule has 2 rings (SSSR count). The van der Waals surface area contributed by atoms with E-state index in [2.05, 4.69) is 25.6 Å². The summed E-state index contributed by atoms with van der Waals surface area (Å²) in [6.07, 6.45) is 4.26. The first-order valence-corrected chi connectivity index (χ1v) is 6.94. The third kappa shape index (κ3) is 3.54. The zero-order valence-corrected chi connectivity index (χ0v) is 11.6. The molecule has 0 atom stereocenters. The largest absolute Gasteiger partial charge is 0.368 e. The van der Waals surface area contributed by atoms with Crippen LogP contribution in [0.25, 0.3) is 0 Å². The van der Waals surface area contributed by atoms with Crippen LogP contribution in [-0.4, -0.2) is 28.0 Å². The molecule has 7 heteroatoms. The van der Waals surface area contributed by atoms with Crippen molar-refractivity contribution in [3.05, 3.63) is 27.8 Å². The molecule has 96 valence electrons. The lowest BCUT2D eigenvalue weighted by Crippen LogP contribution is -2.09. The van der Waals surface area contributed by atoms with Gasteiger partial charge >= 0.3 is 0 Å². The lowest BCUT2D eigenvalue weighted by Gasteiger charge is -2.08. The van der Waals surface area contributed by atoms with Crippen molar-refractivity contribution in [1.82, 2.24) is 15.0 Å². The third-order valence-corrected chi connectivity index (χ3v) is 3.31. The average molecular weight is 284 g/mol. The van der Waals surface area contributed by atoms with Crippen LogP contribution in [0.4, 0.5) is 11.8 Å². The number of aromatic nitrogens is 3. The van der Waals surface area contributed by atoms with Crippen LogP contribution in [-0.2, 0) is 6.42 Å². The van der Waals surface area contributed by atoms with Crippen molar-refractivity contribution in [3.8, 4) is 0 Å². The van der Waals surface area contributed by atoms with E-state index in [1.165, 1.54) is 0 Å². The van der Waals surface area contributed by atoms with Crippen molar-refractivity contribution in [2.75, 3.05) is 23.7 Å². The maximum atomic E-state index is 6.03. The summed E-state index contributed by atoms with van der Waals surface area (Å²) in [5, 5.41) is 9.83. The van der Waals surface area contributed by atoms with Crippen LogP contribution >= 0.6 is 22.9 Å². The van der Waals surface area contributed by atoms with Crippen molar-refractivity contribution < 1.29 is 0 Å². The monoisotopic (exact) mass is 283 g/mol. The van der Waals surface area contributed by atoms with Gasteiger partial charge in [0.25, 0.3) is 0 Å². The Balaban J connectivity index is 1.93. The summed E-state index contributed by atoms with van der Waals surface area (Å²) >= 11 is 7.67. The summed E-state index contributed by atoms with van der Waals surface area (Å²) in [5.41, 5.74) is 0. The number of halogens is 1. The van der Waals surface area contributed by atoms with Crippen LogP contribution in [0.15, 0.2) is 17.8 Å². The van der Waals surface area contributed by atoms with E-state index >= 15 is 0 Å². The number of hydrogen-bond donors (Lipinski definition) is 2. The average Bonchev–Trinajstić information content (AvgIpc) is 2.86. The van der Waals surface area contributed by atoms with Crippen LogP contribution < -0.4 is 10.6 Å². The minimum atomic E-state index is 0.524. The van der Waals surface area contributed by atoms with E-state index in [-0.39, 0.29) is 0 Å². The second-order valence-corrected chi connectivity index (χ2v) is 4.91. The van der Waals surface area contributed by atoms with Crippen molar-refractivity contribution >= 4 is 34.7 Å². The SMILES string of the molecule is CCNc1ncc(Cl)c(NCCc2nccs2)n1. The zero-order valence-electron chi connectivity index (χ0n) is 9.98. The van der Waals surface area contributed by atoms with Gasteiger partial charge in [-0.2, -0.15) is 4.98 Å². The highest BCUT2D eigenvalue weighted by molar-refractivity contribution is 7.09. The number of nitrogens with one attached hydrogen (secondary N) is 2. The van der Waals surface area contributed by atoms with Gasteiger partial charge in [-0.05, 0) is 6.92 Å². The maximum absolute atomic E-state index is 6.03. The summed E-state index contributed by atoms with van der Waals surface area (Å²) in [4.78, 5) is 12.6. The zero-order chi connectivity index (χ0) is 12.8. The molecule has 0 radical (unpaired) electrons. The Kier molecular flexibility index (Phi) is 4.72. The van der Waals surface area contributed by atoms with Gasteiger partial charge < -0.3 is 10.6 Å². The minimum absolute atomic E-state index is 0.524. The van der Waals surface area contributed by atoms with Gasteiger partial charge in [-0.25, -0.2) is 9.97 Å². The predicted molar refractivity (Wildman–Crippen MR) is 75.5 cm³/mol. The second kappa shape index (κ2) is 6.51. The molecule has 18 heavy (non-hydrogen) atoms. The van der Waals surface area contributed by atoms with Gasteiger partial charge in [0.2, 0.25) is 5.95 Å². The second-order valence-electron chi connectivity index (χ2n) is 3.52. The Morgan fingerprint density at radius 3 is 2.94 bits per heavy atom. The van der Waals surface area contributed by atoms with Gasteiger partial charge in [0.15, 0.2) is 0 Å². The first-order valence-electron chi connectivity index (χ1n) is 5.68. The normalized spacial score (nSPS) is 10.3. The first kappa shape index (κ1) is 13.0. The Morgan fingerprint density at radius 1 is 1.33 bits per heavy atom. The molecule has 2 heterocycles. The predicted octanol–water partition coefficient (Wildman–Crippen LogP) is 2.67. The van der Waals surface area contributed by atoms with Crippen molar-refractivity contribution in [2.24, 2.45) is 0 Å². The quantitative estimate of drug-likeness (QED) is 0.853. The molecule has 0 aliphatic carbocycles. The van der Waals surface area contributed by atoms with Crippen molar-refractivity contribution in [3.63, 3.8) is 0 Å². The van der Waals surface area contributed by atoms with Crippen LogP contribution in [0, 0.1) is 0 Å². The van der Waals surface area contributed by atoms with Gasteiger partial charge in [-0.1, -0.05) is 11.6 Å². The topological polar surface area (TPSA) is 62.7 Å². The third-order valence-electron chi connectivity index (χ3n) is 2.19. The fourth-order valence-corrected chi connectivity index (χ4v) is 2.18. The van der Waals surface area contributed by atoms with Gasteiger partial charge in [0.1, 0.15) is 10.8 Å². The minimum Gasteiger partial charge on any atom is -0.368 e. The Bertz CT molecular complexity index is 488.